The van der Waals surface area contributed by atoms with E-state index >= 15 is 0 Å². The highest BCUT2D eigenvalue weighted by atomic mass is 16.1. The Hall–Kier alpha value is -2.75. The fourth-order valence-corrected chi connectivity index (χ4v) is 1.09. The standard InChI is InChI=1S/C9H6N6O/c10-3-6-9(11)12-4-7(13-6)5-1-2-8(16)15-14-5/h1-2,4H,(H2,11,12)(H,15,16). The smallest absolute Gasteiger partial charge is 0.264 e. The van der Waals surface area contributed by atoms with Gasteiger partial charge in [-0.2, -0.15) is 10.4 Å². The van der Waals surface area contributed by atoms with Crippen molar-refractivity contribution in [2.75, 3.05) is 5.73 Å². The molecule has 0 saturated carbocycles. The van der Waals surface area contributed by atoms with Gasteiger partial charge in [0.25, 0.3) is 5.56 Å². The second-order valence-electron chi connectivity index (χ2n) is 2.91. The number of H-pyrrole nitrogens is 1. The van der Waals surface area contributed by atoms with Gasteiger partial charge in [-0.05, 0) is 6.07 Å². The predicted molar refractivity (Wildman–Crippen MR) is 55.0 cm³/mol. The zero-order valence-electron chi connectivity index (χ0n) is 8.01. The molecule has 0 amide bonds. The average Bonchev–Trinajstić information content (AvgIpc) is 2.31. The van der Waals surface area contributed by atoms with Gasteiger partial charge in [-0.1, -0.05) is 0 Å². The largest absolute Gasteiger partial charge is 0.381 e. The third kappa shape index (κ3) is 1.72. The Morgan fingerprint density at radius 3 is 2.81 bits per heavy atom. The number of nitrogens with one attached hydrogen (secondary N) is 1. The lowest BCUT2D eigenvalue weighted by Crippen LogP contribution is -2.07. The van der Waals surface area contributed by atoms with Crippen LogP contribution < -0.4 is 11.3 Å². The van der Waals surface area contributed by atoms with E-state index in [2.05, 4.69) is 20.2 Å². The molecule has 0 radical (unpaired) electrons. The van der Waals surface area contributed by atoms with Crippen LogP contribution in [0, 0.1) is 11.3 Å². The van der Waals surface area contributed by atoms with E-state index in [1.165, 1.54) is 18.3 Å². The molecule has 0 aliphatic carbocycles. The minimum atomic E-state index is -0.312. The maximum absolute atomic E-state index is 10.8. The second-order valence-corrected chi connectivity index (χ2v) is 2.91. The molecule has 7 heteroatoms. The van der Waals surface area contributed by atoms with Crippen LogP contribution in [0.2, 0.25) is 0 Å². The topological polar surface area (TPSA) is 121 Å². The number of nitrogens with two attached hydrogens (primary N) is 1. The summed E-state index contributed by atoms with van der Waals surface area (Å²) < 4.78 is 0. The SMILES string of the molecule is N#Cc1nc(-c2ccc(=O)[nH]n2)cnc1N. The van der Waals surface area contributed by atoms with Gasteiger partial charge in [0.15, 0.2) is 11.5 Å². The van der Waals surface area contributed by atoms with Crippen LogP contribution in [0.5, 0.6) is 0 Å². The number of nitrogen functional groups attached to an aromatic ring is 1. The fraction of sp³-hybridized carbons (Fsp3) is 0. The Morgan fingerprint density at radius 2 is 2.19 bits per heavy atom. The lowest BCUT2D eigenvalue weighted by molar-refractivity contribution is 0.984. The van der Waals surface area contributed by atoms with Crippen molar-refractivity contribution in [3.8, 4) is 17.5 Å². The third-order valence-electron chi connectivity index (χ3n) is 1.85. The molecule has 78 valence electrons. The molecule has 7 nitrogen and oxygen atoms in total. The van der Waals surface area contributed by atoms with Crippen molar-refractivity contribution in [1.29, 1.82) is 5.26 Å². The van der Waals surface area contributed by atoms with E-state index < -0.39 is 0 Å². The highest BCUT2D eigenvalue weighted by molar-refractivity contribution is 5.56. The van der Waals surface area contributed by atoms with Gasteiger partial charge in [0.1, 0.15) is 17.5 Å². The van der Waals surface area contributed by atoms with E-state index in [1.807, 2.05) is 6.07 Å². The Morgan fingerprint density at radius 1 is 1.38 bits per heavy atom. The summed E-state index contributed by atoms with van der Waals surface area (Å²) in [4.78, 5) is 18.6. The van der Waals surface area contributed by atoms with Crippen LogP contribution in [0.1, 0.15) is 5.69 Å². The Balaban J connectivity index is 2.53. The molecule has 0 atom stereocenters. The molecule has 0 spiro atoms. The first-order valence-electron chi connectivity index (χ1n) is 4.29. The average molecular weight is 214 g/mol. The minimum absolute atomic E-state index is 0.0329. The number of hydrogen-bond acceptors (Lipinski definition) is 6. The molecule has 2 aromatic rings. The Bertz CT molecular complexity index is 606. The van der Waals surface area contributed by atoms with Crippen LogP contribution in [-0.4, -0.2) is 20.2 Å². The first kappa shape index (κ1) is 9.79. The second kappa shape index (κ2) is 3.78. The van der Waals surface area contributed by atoms with Crippen LogP contribution in [-0.2, 0) is 0 Å². The molecule has 0 saturated heterocycles. The Labute approximate surface area is 89.6 Å². The summed E-state index contributed by atoms with van der Waals surface area (Å²) in [7, 11) is 0. The van der Waals surface area contributed by atoms with Crippen LogP contribution in [0.4, 0.5) is 5.82 Å². The summed E-state index contributed by atoms with van der Waals surface area (Å²) in [5.74, 6) is 0.0654. The molecule has 0 aromatic carbocycles. The van der Waals surface area contributed by atoms with E-state index in [-0.39, 0.29) is 17.1 Å². The van der Waals surface area contributed by atoms with Gasteiger partial charge in [-0.15, -0.1) is 0 Å². The number of aromatic amines is 1. The van der Waals surface area contributed by atoms with E-state index in [0.29, 0.717) is 11.4 Å². The summed E-state index contributed by atoms with van der Waals surface area (Å²) in [6.07, 6.45) is 1.39. The maximum Gasteiger partial charge on any atom is 0.264 e. The lowest BCUT2D eigenvalue weighted by Gasteiger charge is -2.00. The van der Waals surface area contributed by atoms with Gasteiger partial charge in [0.2, 0.25) is 0 Å². The van der Waals surface area contributed by atoms with Crippen LogP contribution in [0.25, 0.3) is 11.4 Å². The molecule has 16 heavy (non-hydrogen) atoms. The monoisotopic (exact) mass is 214 g/mol. The number of hydrogen-bond donors (Lipinski definition) is 2. The van der Waals surface area contributed by atoms with E-state index in [0.717, 1.165) is 0 Å². The molecular formula is C9H6N6O. The molecular weight excluding hydrogens is 208 g/mol. The highest BCUT2D eigenvalue weighted by Gasteiger charge is 2.06. The minimum Gasteiger partial charge on any atom is -0.381 e. The molecule has 2 heterocycles. The van der Waals surface area contributed by atoms with E-state index in [9.17, 15) is 4.79 Å². The quantitative estimate of drug-likeness (QED) is 0.670. The van der Waals surface area contributed by atoms with Crippen molar-refractivity contribution < 1.29 is 0 Å². The summed E-state index contributed by atoms with van der Waals surface area (Å²) in [6.45, 7) is 0. The third-order valence-corrected chi connectivity index (χ3v) is 1.85. The number of nitrogens with zero attached hydrogens (tertiary/aromatic N) is 4. The summed E-state index contributed by atoms with van der Waals surface area (Å²) in [6, 6.07) is 4.62. The molecule has 2 aromatic heterocycles. The van der Waals surface area contributed by atoms with Gasteiger partial charge in [-0.25, -0.2) is 15.1 Å². The lowest BCUT2D eigenvalue weighted by atomic mass is 10.3. The van der Waals surface area contributed by atoms with E-state index in [4.69, 9.17) is 11.0 Å². The van der Waals surface area contributed by atoms with Crippen molar-refractivity contribution in [2.24, 2.45) is 0 Å². The normalized spacial score (nSPS) is 9.69. The van der Waals surface area contributed by atoms with Crippen molar-refractivity contribution in [3.05, 3.63) is 34.4 Å². The van der Waals surface area contributed by atoms with Crippen molar-refractivity contribution in [2.45, 2.75) is 0 Å². The fourth-order valence-electron chi connectivity index (χ4n) is 1.09. The summed E-state index contributed by atoms with van der Waals surface area (Å²) >= 11 is 0. The highest BCUT2D eigenvalue weighted by Crippen LogP contribution is 2.13. The Kier molecular flexibility index (Phi) is 2.31. The van der Waals surface area contributed by atoms with Gasteiger partial charge in [0, 0.05) is 6.07 Å². The zero-order valence-corrected chi connectivity index (χ0v) is 8.01. The molecule has 0 aliphatic heterocycles. The summed E-state index contributed by atoms with van der Waals surface area (Å²) in [5.41, 5.74) is 5.95. The van der Waals surface area contributed by atoms with Crippen molar-refractivity contribution >= 4 is 5.82 Å². The number of anilines is 1. The van der Waals surface area contributed by atoms with Crippen LogP contribution in [0.3, 0.4) is 0 Å². The summed E-state index contributed by atoms with van der Waals surface area (Å²) in [5, 5.41) is 14.7. The van der Waals surface area contributed by atoms with Gasteiger partial charge < -0.3 is 5.73 Å². The molecule has 0 bridgehead atoms. The molecule has 0 unspecified atom stereocenters. The zero-order chi connectivity index (χ0) is 11.5. The van der Waals surface area contributed by atoms with Crippen molar-refractivity contribution in [3.63, 3.8) is 0 Å². The number of rotatable bonds is 1. The molecule has 2 rings (SSSR count). The maximum atomic E-state index is 10.8. The van der Waals surface area contributed by atoms with E-state index in [1.54, 1.807) is 0 Å². The molecule has 0 fully saturated rings. The van der Waals surface area contributed by atoms with Gasteiger partial charge >= 0.3 is 0 Å². The number of aromatic nitrogens is 4. The van der Waals surface area contributed by atoms with Gasteiger partial charge in [0.05, 0.1) is 6.20 Å². The first-order chi connectivity index (χ1) is 7.70. The molecule has 0 aliphatic rings. The number of nitriles is 1. The van der Waals surface area contributed by atoms with Crippen LogP contribution in [0.15, 0.2) is 23.1 Å². The van der Waals surface area contributed by atoms with Gasteiger partial charge in [-0.3, -0.25) is 4.79 Å². The first-order valence-corrected chi connectivity index (χ1v) is 4.29. The van der Waals surface area contributed by atoms with Crippen molar-refractivity contribution in [1.82, 2.24) is 20.2 Å². The molecule has 3 N–H and O–H groups in total. The van der Waals surface area contributed by atoms with Crippen LogP contribution >= 0.6 is 0 Å². The predicted octanol–water partition coefficient (Wildman–Crippen LogP) is -0.319.